The largest absolute Gasteiger partial charge is 0.444 e. The van der Waals surface area contributed by atoms with Crippen LogP contribution in [0.2, 0.25) is 0 Å². The van der Waals surface area contributed by atoms with Gasteiger partial charge in [-0.25, -0.2) is 4.79 Å². The number of alkyl carbamates (subject to hydrolysis) is 1. The normalized spacial score (nSPS) is 12.8. The Morgan fingerprint density at radius 3 is 1.95 bits per heavy atom. The van der Waals surface area contributed by atoms with Crippen molar-refractivity contribution in [2.45, 2.75) is 92.5 Å². The predicted molar refractivity (Wildman–Crippen MR) is 168 cm³/mol. The molecular formula is C35H45N3O4. The maximum atomic E-state index is 14.6. The molecule has 0 aliphatic rings. The van der Waals surface area contributed by atoms with Crippen molar-refractivity contribution in [3.05, 3.63) is 100 Å². The average molecular weight is 572 g/mol. The zero-order chi connectivity index (χ0) is 31.2. The molecule has 3 aromatic carbocycles. The van der Waals surface area contributed by atoms with Crippen molar-refractivity contribution in [3.8, 4) is 0 Å². The third kappa shape index (κ3) is 8.21. The lowest BCUT2D eigenvalue weighted by molar-refractivity contribution is -0.142. The zero-order valence-corrected chi connectivity index (χ0v) is 26.4. The number of amides is 3. The maximum absolute atomic E-state index is 14.6. The Labute approximate surface area is 250 Å². The van der Waals surface area contributed by atoms with Gasteiger partial charge < -0.3 is 20.3 Å². The molecule has 0 aliphatic heterocycles. The zero-order valence-electron chi connectivity index (χ0n) is 26.4. The van der Waals surface area contributed by atoms with Crippen molar-refractivity contribution in [2.24, 2.45) is 0 Å². The number of hydrogen-bond acceptors (Lipinski definition) is 4. The van der Waals surface area contributed by atoms with Gasteiger partial charge in [-0.2, -0.15) is 0 Å². The van der Waals surface area contributed by atoms with E-state index in [2.05, 4.69) is 10.6 Å². The van der Waals surface area contributed by atoms with E-state index >= 15 is 0 Å². The van der Waals surface area contributed by atoms with Gasteiger partial charge in [-0.05, 0) is 95.7 Å². The second kappa shape index (κ2) is 13.7. The van der Waals surface area contributed by atoms with Gasteiger partial charge in [0.25, 0.3) is 5.91 Å². The second-order valence-corrected chi connectivity index (χ2v) is 12.2. The third-order valence-electron chi connectivity index (χ3n) is 7.28. The van der Waals surface area contributed by atoms with Crippen LogP contribution in [0.3, 0.4) is 0 Å². The van der Waals surface area contributed by atoms with Crippen LogP contribution >= 0.6 is 0 Å². The molecule has 3 aromatic rings. The fourth-order valence-corrected chi connectivity index (χ4v) is 5.05. The monoisotopic (exact) mass is 571 g/mol. The Hall–Kier alpha value is -4.13. The van der Waals surface area contributed by atoms with E-state index < -0.39 is 23.8 Å². The summed E-state index contributed by atoms with van der Waals surface area (Å²) >= 11 is 0. The van der Waals surface area contributed by atoms with Crippen LogP contribution in [-0.2, 0) is 20.7 Å². The number of ether oxygens (including phenoxy) is 1. The van der Waals surface area contributed by atoms with Crippen LogP contribution in [0, 0.1) is 27.7 Å². The van der Waals surface area contributed by atoms with Crippen LogP contribution in [0.25, 0.3) is 0 Å². The van der Waals surface area contributed by atoms with Gasteiger partial charge in [0, 0.05) is 18.2 Å². The van der Waals surface area contributed by atoms with Crippen molar-refractivity contribution in [1.29, 1.82) is 0 Å². The van der Waals surface area contributed by atoms with Crippen molar-refractivity contribution >= 4 is 23.6 Å². The van der Waals surface area contributed by atoms with E-state index in [0.29, 0.717) is 0 Å². The Morgan fingerprint density at radius 2 is 1.38 bits per heavy atom. The fourth-order valence-electron chi connectivity index (χ4n) is 5.05. The highest BCUT2D eigenvalue weighted by atomic mass is 16.6. The summed E-state index contributed by atoms with van der Waals surface area (Å²) in [5.41, 5.74) is 5.39. The first-order valence-corrected chi connectivity index (χ1v) is 14.5. The molecule has 3 amide bonds. The summed E-state index contributed by atoms with van der Waals surface area (Å²) in [4.78, 5) is 43.4. The topological polar surface area (TPSA) is 87.7 Å². The molecule has 0 radical (unpaired) electrons. The van der Waals surface area contributed by atoms with Crippen molar-refractivity contribution in [3.63, 3.8) is 0 Å². The lowest BCUT2D eigenvalue weighted by Crippen LogP contribution is -2.55. The molecule has 0 bridgehead atoms. The molecule has 2 atom stereocenters. The number of para-hydroxylation sites is 1. The first-order valence-electron chi connectivity index (χ1n) is 14.5. The number of hydrogen-bond donors (Lipinski definition) is 2. The van der Waals surface area contributed by atoms with Crippen LogP contribution in [0.15, 0.2) is 66.7 Å². The number of anilines is 1. The molecule has 0 saturated heterocycles. The molecule has 0 heterocycles. The molecule has 42 heavy (non-hydrogen) atoms. The molecule has 224 valence electrons. The number of nitrogens with zero attached hydrogens (tertiary/aromatic N) is 1. The Bertz CT molecular complexity index is 1390. The minimum absolute atomic E-state index is 0.236. The fraction of sp³-hybridized carbons (Fsp3) is 0.400. The van der Waals surface area contributed by atoms with Gasteiger partial charge in [-0.1, -0.05) is 66.7 Å². The van der Waals surface area contributed by atoms with E-state index in [0.717, 1.165) is 39.1 Å². The minimum Gasteiger partial charge on any atom is -0.444 e. The van der Waals surface area contributed by atoms with Gasteiger partial charge in [0.1, 0.15) is 17.7 Å². The highest BCUT2D eigenvalue weighted by molar-refractivity contribution is 6.00. The smallest absolute Gasteiger partial charge is 0.408 e. The highest BCUT2D eigenvalue weighted by Gasteiger charge is 2.39. The Kier molecular flexibility index (Phi) is 10.6. The summed E-state index contributed by atoms with van der Waals surface area (Å²) in [6.07, 6.45) is -0.455. The molecule has 2 unspecified atom stereocenters. The van der Waals surface area contributed by atoms with E-state index in [1.165, 1.54) is 0 Å². The molecule has 0 aromatic heterocycles. The van der Waals surface area contributed by atoms with Gasteiger partial charge in [0.05, 0.1) is 0 Å². The van der Waals surface area contributed by atoms with E-state index in [-0.39, 0.29) is 24.3 Å². The second-order valence-electron chi connectivity index (χ2n) is 12.2. The number of carbonyl (C=O) groups excluding carboxylic acids is 3. The molecule has 0 aliphatic carbocycles. The molecule has 2 N–H and O–H groups in total. The van der Waals surface area contributed by atoms with Gasteiger partial charge in [0.15, 0.2) is 0 Å². The molecule has 7 heteroatoms. The van der Waals surface area contributed by atoms with E-state index in [1.807, 2.05) is 108 Å². The number of benzene rings is 3. The highest BCUT2D eigenvalue weighted by Crippen LogP contribution is 2.31. The number of aryl methyl sites for hydroxylation is 3. The minimum atomic E-state index is -0.967. The molecule has 7 nitrogen and oxygen atoms in total. The molecule has 0 spiro atoms. The first-order chi connectivity index (χ1) is 19.7. The number of nitrogens with one attached hydrogen (secondary N) is 2. The summed E-state index contributed by atoms with van der Waals surface area (Å²) in [5, 5.41) is 5.94. The SMILES string of the molecule is Cc1cccc(C(C(=O)Nc2c(C)cccc2C)N(C(=O)C(Cc2ccccc2)NC(=O)OC(C)(C)C)C(C)C)c1C. The van der Waals surface area contributed by atoms with Crippen LogP contribution in [0.4, 0.5) is 10.5 Å². The van der Waals surface area contributed by atoms with E-state index in [9.17, 15) is 14.4 Å². The molecule has 0 saturated carbocycles. The Morgan fingerprint density at radius 1 is 0.810 bits per heavy atom. The lowest BCUT2D eigenvalue weighted by Gasteiger charge is -2.38. The van der Waals surface area contributed by atoms with E-state index in [1.54, 1.807) is 25.7 Å². The molecular weight excluding hydrogens is 526 g/mol. The maximum Gasteiger partial charge on any atom is 0.408 e. The quantitative estimate of drug-likeness (QED) is 0.290. The van der Waals surface area contributed by atoms with Gasteiger partial charge >= 0.3 is 6.09 Å². The van der Waals surface area contributed by atoms with Gasteiger partial charge in [-0.3, -0.25) is 9.59 Å². The summed E-state index contributed by atoms with van der Waals surface area (Å²) in [6.45, 7) is 16.9. The van der Waals surface area contributed by atoms with Crippen molar-refractivity contribution < 1.29 is 19.1 Å². The van der Waals surface area contributed by atoms with Crippen LogP contribution in [0.5, 0.6) is 0 Å². The number of carbonyl (C=O) groups is 3. The average Bonchev–Trinajstić information content (AvgIpc) is 2.90. The summed E-state index contributed by atoms with van der Waals surface area (Å²) in [5.74, 6) is -0.693. The number of rotatable bonds is 9. The van der Waals surface area contributed by atoms with Crippen molar-refractivity contribution in [1.82, 2.24) is 10.2 Å². The Balaban J connectivity index is 2.12. The van der Waals surface area contributed by atoms with Gasteiger partial charge in [-0.15, -0.1) is 0 Å². The lowest BCUT2D eigenvalue weighted by atomic mass is 9.93. The summed E-state index contributed by atoms with van der Waals surface area (Å²) < 4.78 is 5.53. The third-order valence-corrected chi connectivity index (χ3v) is 7.28. The van der Waals surface area contributed by atoms with Gasteiger partial charge in [0.2, 0.25) is 5.91 Å². The summed E-state index contributed by atoms with van der Waals surface area (Å²) in [6, 6.07) is 18.8. The van der Waals surface area contributed by atoms with E-state index in [4.69, 9.17) is 4.74 Å². The first kappa shape index (κ1) is 32.4. The standard InChI is InChI=1S/C35H45N3O4/c1-22(2)38(33(40)29(21-27-18-11-10-12-19-27)36-34(41)42-35(7,8)9)31(28-20-14-15-23(3)26(28)6)32(39)37-30-24(4)16-13-17-25(30)5/h10-20,22,29,31H,21H2,1-9H3,(H,36,41)(H,37,39). The van der Waals surface area contributed by atoms with Crippen LogP contribution in [0.1, 0.15) is 74.0 Å². The molecule has 0 fully saturated rings. The van der Waals surface area contributed by atoms with Crippen LogP contribution < -0.4 is 10.6 Å². The van der Waals surface area contributed by atoms with Crippen molar-refractivity contribution in [2.75, 3.05) is 5.32 Å². The predicted octanol–water partition coefficient (Wildman–Crippen LogP) is 6.97. The van der Waals surface area contributed by atoms with Crippen LogP contribution in [-0.4, -0.2) is 40.5 Å². The molecule has 3 rings (SSSR count). The summed E-state index contributed by atoms with van der Waals surface area (Å²) in [7, 11) is 0.